The third-order valence-electron chi connectivity index (χ3n) is 3.06. The van der Waals surface area contributed by atoms with Gasteiger partial charge in [0.25, 0.3) is 0 Å². The van der Waals surface area contributed by atoms with Crippen LogP contribution in [0, 0.1) is 0 Å². The zero-order valence-corrected chi connectivity index (χ0v) is 11.1. The Hall–Kier alpha value is -1.80. The van der Waals surface area contributed by atoms with Gasteiger partial charge in [0.1, 0.15) is 12.4 Å². The van der Waals surface area contributed by atoms with Crippen molar-refractivity contribution in [3.63, 3.8) is 0 Å². The molecule has 0 heterocycles. The van der Waals surface area contributed by atoms with E-state index in [4.69, 9.17) is 9.84 Å². The molecule has 19 heavy (non-hydrogen) atoms. The van der Waals surface area contributed by atoms with Crippen molar-refractivity contribution in [3.8, 4) is 5.75 Å². The Morgan fingerprint density at radius 2 is 1.58 bits per heavy atom. The lowest BCUT2D eigenvalue weighted by Crippen LogP contribution is -1.99. The first-order valence-electron chi connectivity index (χ1n) is 6.75. The van der Waals surface area contributed by atoms with Crippen molar-refractivity contribution in [1.29, 1.82) is 0 Å². The van der Waals surface area contributed by atoms with E-state index < -0.39 is 0 Å². The van der Waals surface area contributed by atoms with Crippen LogP contribution in [0.4, 0.5) is 0 Å². The number of benzene rings is 2. The molecule has 2 aromatic rings. The van der Waals surface area contributed by atoms with Gasteiger partial charge in [0.2, 0.25) is 0 Å². The van der Waals surface area contributed by atoms with Crippen molar-refractivity contribution in [1.82, 2.24) is 0 Å². The molecule has 1 N–H and O–H groups in total. The fourth-order valence-electron chi connectivity index (χ4n) is 2.01. The van der Waals surface area contributed by atoms with Gasteiger partial charge in [0.15, 0.2) is 0 Å². The Kier molecular flexibility index (Phi) is 5.45. The number of para-hydroxylation sites is 1. The summed E-state index contributed by atoms with van der Waals surface area (Å²) in [5, 5.41) is 8.83. The minimum Gasteiger partial charge on any atom is -0.489 e. The lowest BCUT2D eigenvalue weighted by atomic mass is 10.1. The molecule has 0 aliphatic rings. The van der Waals surface area contributed by atoms with E-state index in [2.05, 4.69) is 18.2 Å². The summed E-state index contributed by atoms with van der Waals surface area (Å²) in [6.07, 6.45) is 2.78. The first-order valence-corrected chi connectivity index (χ1v) is 6.75. The molecule has 2 rings (SSSR count). The van der Waals surface area contributed by atoms with Crippen molar-refractivity contribution >= 4 is 0 Å². The summed E-state index contributed by atoms with van der Waals surface area (Å²) in [5.74, 6) is 0.948. The van der Waals surface area contributed by atoms with Crippen molar-refractivity contribution in [2.24, 2.45) is 0 Å². The maximum absolute atomic E-state index is 8.83. The predicted octanol–water partition coefficient (Wildman–Crippen LogP) is 3.58. The van der Waals surface area contributed by atoms with Crippen LogP contribution in [0.1, 0.15) is 24.0 Å². The molecule has 2 aromatic carbocycles. The van der Waals surface area contributed by atoms with Crippen molar-refractivity contribution in [2.45, 2.75) is 25.9 Å². The number of aliphatic hydroxyl groups excluding tert-OH is 1. The van der Waals surface area contributed by atoms with Crippen LogP contribution >= 0.6 is 0 Å². The molecule has 100 valence electrons. The van der Waals surface area contributed by atoms with Gasteiger partial charge in [0, 0.05) is 6.61 Å². The number of unbranched alkanes of at least 4 members (excludes halogenated alkanes) is 1. The Morgan fingerprint density at radius 3 is 2.37 bits per heavy atom. The summed E-state index contributed by atoms with van der Waals surface area (Å²) in [6.45, 7) is 0.852. The molecule has 0 bridgehead atoms. The number of aliphatic hydroxyl groups is 1. The van der Waals surface area contributed by atoms with Gasteiger partial charge in [-0.05, 0) is 36.5 Å². The molecule has 2 nitrogen and oxygen atoms in total. The van der Waals surface area contributed by atoms with Crippen molar-refractivity contribution in [3.05, 3.63) is 65.7 Å². The summed E-state index contributed by atoms with van der Waals surface area (Å²) >= 11 is 0. The fourth-order valence-corrected chi connectivity index (χ4v) is 2.01. The molecule has 0 atom stereocenters. The smallest absolute Gasteiger partial charge is 0.122 e. The van der Waals surface area contributed by atoms with Gasteiger partial charge in [0.05, 0.1) is 0 Å². The normalized spacial score (nSPS) is 10.4. The Balaban J connectivity index is 1.95. The summed E-state index contributed by atoms with van der Waals surface area (Å²) in [6, 6.07) is 18.3. The van der Waals surface area contributed by atoms with Crippen LogP contribution in [0.3, 0.4) is 0 Å². The molecule has 0 unspecified atom stereocenters. The average molecular weight is 256 g/mol. The minimum absolute atomic E-state index is 0.257. The number of aryl methyl sites for hydroxylation is 1. The van der Waals surface area contributed by atoms with Crippen LogP contribution in [0.5, 0.6) is 5.75 Å². The largest absolute Gasteiger partial charge is 0.489 e. The topological polar surface area (TPSA) is 29.5 Å². The highest BCUT2D eigenvalue weighted by molar-refractivity contribution is 5.33. The Morgan fingerprint density at radius 1 is 0.842 bits per heavy atom. The molecule has 0 saturated heterocycles. The maximum Gasteiger partial charge on any atom is 0.122 e. The molecule has 0 saturated carbocycles. The highest BCUT2D eigenvalue weighted by atomic mass is 16.5. The highest BCUT2D eigenvalue weighted by Crippen LogP contribution is 2.21. The summed E-state index contributed by atoms with van der Waals surface area (Å²) in [7, 11) is 0. The zero-order chi connectivity index (χ0) is 13.3. The monoisotopic (exact) mass is 256 g/mol. The Labute approximate surface area is 114 Å². The molecule has 0 radical (unpaired) electrons. The van der Waals surface area contributed by atoms with E-state index in [1.54, 1.807) is 0 Å². The van der Waals surface area contributed by atoms with E-state index in [1.807, 2.05) is 36.4 Å². The minimum atomic E-state index is 0.257. The lowest BCUT2D eigenvalue weighted by Gasteiger charge is -2.11. The Bertz CT molecular complexity index is 480. The van der Waals surface area contributed by atoms with Crippen LogP contribution in [0.15, 0.2) is 54.6 Å². The highest BCUT2D eigenvalue weighted by Gasteiger charge is 2.03. The summed E-state index contributed by atoms with van der Waals surface area (Å²) < 4.78 is 5.89. The predicted molar refractivity (Wildman–Crippen MR) is 77.2 cm³/mol. The standard InChI is InChI=1S/C17H20O2/c18-13-7-6-11-16-10-4-5-12-17(16)19-14-15-8-2-1-3-9-15/h1-5,8-10,12,18H,6-7,11,13-14H2. The SMILES string of the molecule is OCCCCc1ccccc1OCc1ccccc1. The van der Waals surface area contributed by atoms with E-state index in [0.29, 0.717) is 6.61 Å². The lowest BCUT2D eigenvalue weighted by molar-refractivity contribution is 0.282. The van der Waals surface area contributed by atoms with Gasteiger partial charge < -0.3 is 9.84 Å². The third kappa shape index (κ3) is 4.42. The van der Waals surface area contributed by atoms with E-state index in [1.165, 1.54) is 11.1 Å². The molecule has 0 aliphatic carbocycles. The molecular formula is C17H20O2. The van der Waals surface area contributed by atoms with Crippen LogP contribution in [0.2, 0.25) is 0 Å². The third-order valence-corrected chi connectivity index (χ3v) is 3.06. The maximum atomic E-state index is 8.83. The summed E-state index contributed by atoms with van der Waals surface area (Å²) in [4.78, 5) is 0. The number of rotatable bonds is 7. The van der Waals surface area contributed by atoms with Crippen molar-refractivity contribution in [2.75, 3.05) is 6.61 Å². The van der Waals surface area contributed by atoms with Crippen molar-refractivity contribution < 1.29 is 9.84 Å². The van der Waals surface area contributed by atoms with Gasteiger partial charge in [-0.3, -0.25) is 0 Å². The second-order valence-corrected chi connectivity index (χ2v) is 4.56. The molecule has 0 amide bonds. The number of hydrogen-bond donors (Lipinski definition) is 1. The first-order chi connectivity index (χ1) is 9.40. The molecule has 0 aromatic heterocycles. The molecule has 2 heteroatoms. The van der Waals surface area contributed by atoms with Gasteiger partial charge in [-0.2, -0.15) is 0 Å². The van der Waals surface area contributed by atoms with Crippen LogP contribution < -0.4 is 4.74 Å². The van der Waals surface area contributed by atoms with Gasteiger partial charge in [-0.15, -0.1) is 0 Å². The summed E-state index contributed by atoms with van der Waals surface area (Å²) in [5.41, 5.74) is 2.39. The van der Waals surface area contributed by atoms with Gasteiger partial charge in [-0.1, -0.05) is 48.5 Å². The van der Waals surface area contributed by atoms with E-state index in [0.717, 1.165) is 25.0 Å². The van der Waals surface area contributed by atoms with E-state index in [-0.39, 0.29) is 6.61 Å². The second-order valence-electron chi connectivity index (χ2n) is 4.56. The molecular weight excluding hydrogens is 236 g/mol. The second kappa shape index (κ2) is 7.59. The molecule has 0 aliphatic heterocycles. The first kappa shape index (κ1) is 13.6. The average Bonchev–Trinajstić information content (AvgIpc) is 2.48. The molecule has 0 fully saturated rings. The number of ether oxygens (including phenoxy) is 1. The van der Waals surface area contributed by atoms with E-state index >= 15 is 0 Å². The quantitative estimate of drug-likeness (QED) is 0.767. The van der Waals surface area contributed by atoms with Crippen LogP contribution in [-0.4, -0.2) is 11.7 Å². The van der Waals surface area contributed by atoms with Gasteiger partial charge >= 0.3 is 0 Å². The number of hydrogen-bond acceptors (Lipinski definition) is 2. The van der Waals surface area contributed by atoms with Gasteiger partial charge in [-0.25, -0.2) is 0 Å². The zero-order valence-electron chi connectivity index (χ0n) is 11.1. The van der Waals surface area contributed by atoms with E-state index in [9.17, 15) is 0 Å². The molecule has 0 spiro atoms. The van der Waals surface area contributed by atoms with Crippen LogP contribution in [-0.2, 0) is 13.0 Å². The van der Waals surface area contributed by atoms with Crippen LogP contribution in [0.25, 0.3) is 0 Å². The fraction of sp³-hybridized carbons (Fsp3) is 0.294.